The molecule has 0 fully saturated rings. The Hall–Kier alpha value is -2.37. The van der Waals surface area contributed by atoms with Crippen LogP contribution in [0, 0.1) is 0 Å². The van der Waals surface area contributed by atoms with E-state index in [1.54, 1.807) is 36.7 Å². The number of nitrogens with zero attached hydrogens (tertiary/aromatic N) is 3. The summed E-state index contributed by atoms with van der Waals surface area (Å²) in [5.74, 6) is 1.32. The first kappa shape index (κ1) is 15.5. The van der Waals surface area contributed by atoms with Crippen LogP contribution in [0.4, 0.5) is 17.3 Å². The Morgan fingerprint density at radius 3 is 2.70 bits per heavy atom. The van der Waals surface area contributed by atoms with Crippen molar-refractivity contribution in [2.75, 3.05) is 10.6 Å². The van der Waals surface area contributed by atoms with E-state index in [4.69, 9.17) is 23.2 Å². The zero-order valence-electron chi connectivity index (χ0n) is 12.0. The normalized spacial score (nSPS) is 10.3. The fourth-order valence-corrected chi connectivity index (χ4v) is 2.29. The number of hydrogen-bond acceptors (Lipinski definition) is 5. The highest BCUT2D eigenvalue weighted by molar-refractivity contribution is 6.35. The van der Waals surface area contributed by atoms with Gasteiger partial charge in [-0.1, -0.05) is 29.3 Å². The first-order chi connectivity index (χ1) is 11.2. The zero-order valence-corrected chi connectivity index (χ0v) is 13.5. The van der Waals surface area contributed by atoms with Crippen molar-refractivity contribution in [1.82, 2.24) is 15.0 Å². The van der Waals surface area contributed by atoms with E-state index in [-0.39, 0.29) is 0 Å². The van der Waals surface area contributed by atoms with Gasteiger partial charge < -0.3 is 10.6 Å². The number of pyridine rings is 1. The van der Waals surface area contributed by atoms with Crippen molar-refractivity contribution < 1.29 is 0 Å². The molecule has 23 heavy (non-hydrogen) atoms. The van der Waals surface area contributed by atoms with Crippen LogP contribution in [0.5, 0.6) is 0 Å². The molecule has 116 valence electrons. The van der Waals surface area contributed by atoms with Crippen LogP contribution in [-0.4, -0.2) is 15.0 Å². The van der Waals surface area contributed by atoms with Crippen molar-refractivity contribution in [3.63, 3.8) is 0 Å². The average Bonchev–Trinajstić information content (AvgIpc) is 2.58. The molecule has 0 saturated heterocycles. The highest BCUT2D eigenvalue weighted by Crippen LogP contribution is 2.28. The lowest BCUT2D eigenvalue weighted by molar-refractivity contribution is 1.07. The van der Waals surface area contributed by atoms with Crippen LogP contribution >= 0.6 is 23.2 Å². The zero-order chi connectivity index (χ0) is 16.1. The molecule has 0 aliphatic carbocycles. The molecule has 5 nitrogen and oxygen atoms in total. The Morgan fingerprint density at radius 1 is 1.00 bits per heavy atom. The van der Waals surface area contributed by atoms with Crippen molar-refractivity contribution in [1.29, 1.82) is 0 Å². The van der Waals surface area contributed by atoms with Gasteiger partial charge >= 0.3 is 0 Å². The highest BCUT2D eigenvalue weighted by Gasteiger charge is 2.04. The molecular formula is C16H13Cl2N5. The molecule has 3 aromatic rings. The number of nitrogens with one attached hydrogen (secondary N) is 2. The number of benzene rings is 1. The summed E-state index contributed by atoms with van der Waals surface area (Å²) in [5, 5.41) is 7.52. The second kappa shape index (κ2) is 7.26. The summed E-state index contributed by atoms with van der Waals surface area (Å²) in [5.41, 5.74) is 1.76. The molecule has 0 aliphatic heterocycles. The first-order valence-electron chi connectivity index (χ1n) is 6.87. The van der Waals surface area contributed by atoms with Crippen LogP contribution in [-0.2, 0) is 6.54 Å². The highest BCUT2D eigenvalue weighted by atomic mass is 35.5. The van der Waals surface area contributed by atoms with Crippen LogP contribution in [0.1, 0.15) is 5.56 Å². The molecule has 2 heterocycles. The Bertz CT molecular complexity index is 795. The summed E-state index contributed by atoms with van der Waals surface area (Å²) in [6, 6.07) is 10.9. The Kier molecular flexibility index (Phi) is 4.90. The molecule has 3 rings (SSSR count). The smallest absolute Gasteiger partial charge is 0.135 e. The minimum atomic E-state index is 0.567. The Labute approximate surface area is 143 Å². The number of halogens is 2. The van der Waals surface area contributed by atoms with Crippen LogP contribution in [0.25, 0.3) is 0 Å². The predicted octanol–water partition coefficient (Wildman–Crippen LogP) is 4.53. The second-order valence-electron chi connectivity index (χ2n) is 4.75. The van der Waals surface area contributed by atoms with E-state index >= 15 is 0 Å². The van der Waals surface area contributed by atoms with Gasteiger partial charge in [0, 0.05) is 30.0 Å². The third kappa shape index (κ3) is 4.31. The van der Waals surface area contributed by atoms with E-state index < -0.39 is 0 Å². The molecule has 0 saturated carbocycles. The van der Waals surface area contributed by atoms with Gasteiger partial charge in [-0.2, -0.15) is 0 Å². The molecule has 2 aromatic heterocycles. The maximum Gasteiger partial charge on any atom is 0.135 e. The fourth-order valence-electron chi connectivity index (χ4n) is 1.95. The van der Waals surface area contributed by atoms with E-state index in [0.717, 1.165) is 5.56 Å². The molecule has 0 bridgehead atoms. The molecular weight excluding hydrogens is 333 g/mol. The molecule has 0 aliphatic rings. The molecule has 0 radical (unpaired) electrons. The number of rotatable bonds is 5. The summed E-state index contributed by atoms with van der Waals surface area (Å²) in [7, 11) is 0. The first-order valence-corrected chi connectivity index (χ1v) is 7.63. The van der Waals surface area contributed by atoms with Gasteiger partial charge in [0.25, 0.3) is 0 Å². The van der Waals surface area contributed by atoms with E-state index in [9.17, 15) is 0 Å². The topological polar surface area (TPSA) is 62.7 Å². The van der Waals surface area contributed by atoms with Crippen molar-refractivity contribution in [3.05, 3.63) is 70.7 Å². The third-order valence-electron chi connectivity index (χ3n) is 3.05. The quantitative estimate of drug-likeness (QED) is 0.710. The fraction of sp³-hybridized carbons (Fsp3) is 0.0625. The molecule has 7 heteroatoms. The average molecular weight is 346 g/mol. The van der Waals surface area contributed by atoms with E-state index in [1.807, 2.05) is 12.1 Å². The molecule has 0 atom stereocenters. The van der Waals surface area contributed by atoms with Gasteiger partial charge in [0.2, 0.25) is 0 Å². The van der Waals surface area contributed by atoms with Crippen LogP contribution in [0.2, 0.25) is 10.0 Å². The largest absolute Gasteiger partial charge is 0.366 e. The maximum absolute atomic E-state index is 6.14. The van der Waals surface area contributed by atoms with E-state index in [0.29, 0.717) is 33.9 Å². The van der Waals surface area contributed by atoms with Crippen molar-refractivity contribution in [3.8, 4) is 0 Å². The van der Waals surface area contributed by atoms with Gasteiger partial charge in [-0.15, -0.1) is 0 Å². The van der Waals surface area contributed by atoms with Crippen LogP contribution in [0.15, 0.2) is 55.1 Å². The Morgan fingerprint density at radius 2 is 1.87 bits per heavy atom. The Balaban J connectivity index is 1.71. The van der Waals surface area contributed by atoms with Crippen molar-refractivity contribution >= 4 is 40.5 Å². The number of hydrogen-bond donors (Lipinski definition) is 2. The van der Waals surface area contributed by atoms with Gasteiger partial charge in [0.05, 0.1) is 10.7 Å². The lowest BCUT2D eigenvalue weighted by Crippen LogP contribution is -2.03. The molecule has 0 amide bonds. The molecule has 0 spiro atoms. The maximum atomic E-state index is 6.14. The summed E-state index contributed by atoms with van der Waals surface area (Å²) in [6.07, 6.45) is 5.02. The molecule has 2 N–H and O–H groups in total. The standard InChI is InChI=1S/C16H13Cl2N5/c17-12-3-4-13(18)14(6-12)23-16-7-15(21-10-22-16)20-9-11-2-1-5-19-8-11/h1-8,10H,9H2,(H2,20,21,22,23). The van der Waals surface area contributed by atoms with Gasteiger partial charge in [0.1, 0.15) is 18.0 Å². The van der Waals surface area contributed by atoms with Gasteiger partial charge in [-0.25, -0.2) is 9.97 Å². The lowest BCUT2D eigenvalue weighted by atomic mass is 10.3. The predicted molar refractivity (Wildman–Crippen MR) is 93.3 cm³/mol. The van der Waals surface area contributed by atoms with Crippen molar-refractivity contribution in [2.24, 2.45) is 0 Å². The minimum Gasteiger partial charge on any atom is -0.366 e. The summed E-state index contributed by atoms with van der Waals surface area (Å²) >= 11 is 12.1. The van der Waals surface area contributed by atoms with Gasteiger partial charge in [-0.3, -0.25) is 4.98 Å². The van der Waals surface area contributed by atoms with Crippen LogP contribution in [0.3, 0.4) is 0 Å². The number of aromatic nitrogens is 3. The summed E-state index contributed by atoms with van der Waals surface area (Å²) < 4.78 is 0. The lowest BCUT2D eigenvalue weighted by Gasteiger charge is -2.10. The van der Waals surface area contributed by atoms with Crippen molar-refractivity contribution in [2.45, 2.75) is 6.54 Å². The van der Waals surface area contributed by atoms with Gasteiger partial charge in [0.15, 0.2) is 0 Å². The molecule has 1 aromatic carbocycles. The second-order valence-corrected chi connectivity index (χ2v) is 5.60. The SMILES string of the molecule is Clc1ccc(Cl)c(Nc2cc(NCc3cccnc3)ncn2)c1. The monoisotopic (exact) mass is 345 g/mol. The summed E-state index contributed by atoms with van der Waals surface area (Å²) in [4.78, 5) is 12.5. The summed E-state index contributed by atoms with van der Waals surface area (Å²) in [6.45, 7) is 0.627. The van der Waals surface area contributed by atoms with Gasteiger partial charge in [-0.05, 0) is 29.8 Å². The number of anilines is 3. The minimum absolute atomic E-state index is 0.567. The van der Waals surface area contributed by atoms with E-state index in [1.165, 1.54) is 6.33 Å². The molecule has 0 unspecified atom stereocenters. The third-order valence-corrected chi connectivity index (χ3v) is 3.62. The van der Waals surface area contributed by atoms with E-state index in [2.05, 4.69) is 25.6 Å². The van der Waals surface area contributed by atoms with Crippen LogP contribution < -0.4 is 10.6 Å².